The Morgan fingerprint density at radius 3 is 2.47 bits per heavy atom. The molecule has 98 valence electrons. The van der Waals surface area contributed by atoms with Crippen molar-refractivity contribution < 1.29 is 4.79 Å². The maximum Gasteiger partial charge on any atom is 0.163 e. The van der Waals surface area contributed by atoms with Gasteiger partial charge in [-0.25, -0.2) is 0 Å². The number of carbonyl (C=O) groups is 1. The van der Waals surface area contributed by atoms with Crippen LogP contribution >= 0.6 is 0 Å². The lowest BCUT2D eigenvalue weighted by molar-refractivity contribution is 0.0964. The molecular formula is C18H20O. The summed E-state index contributed by atoms with van der Waals surface area (Å²) in [4.78, 5) is 12.5. The smallest absolute Gasteiger partial charge is 0.163 e. The monoisotopic (exact) mass is 252 g/mol. The second-order valence-corrected chi connectivity index (χ2v) is 5.75. The lowest BCUT2D eigenvalue weighted by Gasteiger charge is -2.11. The normalized spacial score (nSPS) is 16.1. The first-order chi connectivity index (χ1) is 9.25. The largest absolute Gasteiger partial charge is 0.294 e. The quantitative estimate of drug-likeness (QED) is 0.709. The second-order valence-electron chi connectivity index (χ2n) is 5.75. The van der Waals surface area contributed by atoms with Crippen LogP contribution in [0.15, 0.2) is 36.4 Å². The Bertz CT molecular complexity index is 606. The molecule has 1 aliphatic carbocycles. The summed E-state index contributed by atoms with van der Waals surface area (Å²) in [6, 6.07) is 12.3. The molecule has 2 aromatic rings. The summed E-state index contributed by atoms with van der Waals surface area (Å²) in [6.07, 6.45) is 5.79. The Morgan fingerprint density at radius 1 is 1.05 bits per heavy atom. The Hall–Kier alpha value is -1.63. The summed E-state index contributed by atoms with van der Waals surface area (Å²) >= 11 is 0. The molecule has 2 aromatic carbocycles. The van der Waals surface area contributed by atoms with Crippen molar-refractivity contribution in [1.82, 2.24) is 0 Å². The van der Waals surface area contributed by atoms with Gasteiger partial charge in [0.15, 0.2) is 5.78 Å². The van der Waals surface area contributed by atoms with Gasteiger partial charge in [-0.2, -0.15) is 0 Å². The maximum atomic E-state index is 12.5. The first-order valence-electron chi connectivity index (χ1n) is 7.27. The van der Waals surface area contributed by atoms with Crippen molar-refractivity contribution in [3.05, 3.63) is 47.5 Å². The molecule has 0 N–H and O–H groups in total. The minimum atomic E-state index is 0.322. The number of hydrogen-bond donors (Lipinski definition) is 0. The first kappa shape index (κ1) is 12.4. The molecule has 0 amide bonds. The molecule has 1 nitrogen and oxygen atoms in total. The molecule has 1 heteroatoms. The summed E-state index contributed by atoms with van der Waals surface area (Å²) < 4.78 is 0. The Kier molecular flexibility index (Phi) is 3.37. The van der Waals surface area contributed by atoms with Gasteiger partial charge in [0.25, 0.3) is 0 Å². The topological polar surface area (TPSA) is 17.1 Å². The molecule has 0 bridgehead atoms. The average molecular weight is 252 g/mol. The van der Waals surface area contributed by atoms with Crippen LogP contribution in [0.25, 0.3) is 10.8 Å². The van der Waals surface area contributed by atoms with Gasteiger partial charge in [-0.3, -0.25) is 4.79 Å². The number of hydrogen-bond acceptors (Lipinski definition) is 1. The SMILES string of the molecule is Cc1ccc(C(=O)CC2CCCC2)c2ccccc12. The highest BCUT2D eigenvalue weighted by Crippen LogP contribution is 2.30. The van der Waals surface area contributed by atoms with Crippen LogP contribution in [0.2, 0.25) is 0 Å². The Morgan fingerprint density at radius 2 is 1.74 bits per heavy atom. The summed E-state index contributed by atoms with van der Waals surface area (Å²) in [5.41, 5.74) is 2.15. The van der Waals surface area contributed by atoms with Crippen molar-refractivity contribution in [3.63, 3.8) is 0 Å². The fraction of sp³-hybridized carbons (Fsp3) is 0.389. The third-order valence-corrected chi connectivity index (χ3v) is 4.39. The number of ketones is 1. The van der Waals surface area contributed by atoms with Crippen LogP contribution in [-0.4, -0.2) is 5.78 Å². The molecule has 1 saturated carbocycles. The highest BCUT2D eigenvalue weighted by atomic mass is 16.1. The van der Waals surface area contributed by atoms with Gasteiger partial charge >= 0.3 is 0 Å². The minimum Gasteiger partial charge on any atom is -0.294 e. The maximum absolute atomic E-state index is 12.5. The summed E-state index contributed by atoms with van der Waals surface area (Å²) in [5.74, 6) is 0.940. The fourth-order valence-electron chi connectivity index (χ4n) is 3.28. The van der Waals surface area contributed by atoms with Crippen LogP contribution in [0, 0.1) is 12.8 Å². The van der Waals surface area contributed by atoms with E-state index in [-0.39, 0.29) is 0 Å². The van der Waals surface area contributed by atoms with E-state index in [1.165, 1.54) is 36.6 Å². The third-order valence-electron chi connectivity index (χ3n) is 4.39. The molecule has 0 radical (unpaired) electrons. The molecule has 0 atom stereocenters. The molecule has 19 heavy (non-hydrogen) atoms. The molecule has 0 spiro atoms. The summed E-state index contributed by atoms with van der Waals surface area (Å²) in [6.45, 7) is 2.10. The van der Waals surface area contributed by atoms with E-state index in [1.54, 1.807) is 0 Å². The number of aryl methyl sites for hydroxylation is 1. The van der Waals surface area contributed by atoms with Gasteiger partial charge < -0.3 is 0 Å². The lowest BCUT2D eigenvalue weighted by atomic mass is 9.92. The molecule has 0 heterocycles. The van der Waals surface area contributed by atoms with Crippen LogP contribution in [-0.2, 0) is 0 Å². The number of Topliss-reactive ketones (excluding diaryl/α,β-unsaturated/α-hetero) is 1. The molecular weight excluding hydrogens is 232 g/mol. The van der Waals surface area contributed by atoms with Crippen LogP contribution in [0.1, 0.15) is 48.0 Å². The predicted octanol–water partition coefficient (Wildman–Crippen LogP) is 4.91. The summed E-state index contributed by atoms with van der Waals surface area (Å²) in [7, 11) is 0. The molecule has 0 aliphatic heterocycles. The molecule has 1 fully saturated rings. The molecule has 3 rings (SSSR count). The van der Waals surface area contributed by atoms with Crippen molar-refractivity contribution in [3.8, 4) is 0 Å². The van der Waals surface area contributed by atoms with E-state index in [4.69, 9.17) is 0 Å². The van der Waals surface area contributed by atoms with Gasteiger partial charge in [0.1, 0.15) is 0 Å². The van der Waals surface area contributed by atoms with Crippen LogP contribution in [0.4, 0.5) is 0 Å². The highest BCUT2D eigenvalue weighted by molar-refractivity contribution is 6.08. The summed E-state index contributed by atoms with van der Waals surface area (Å²) in [5, 5.41) is 2.32. The van der Waals surface area contributed by atoms with Crippen molar-refractivity contribution in [1.29, 1.82) is 0 Å². The zero-order valence-corrected chi connectivity index (χ0v) is 11.5. The van der Waals surface area contributed by atoms with Crippen molar-refractivity contribution in [2.45, 2.75) is 39.0 Å². The van der Waals surface area contributed by atoms with Gasteiger partial charge in [0.05, 0.1) is 0 Å². The second kappa shape index (κ2) is 5.16. The van der Waals surface area contributed by atoms with Gasteiger partial charge in [-0.1, -0.05) is 62.1 Å². The van der Waals surface area contributed by atoms with E-state index in [0.717, 1.165) is 17.4 Å². The fourth-order valence-corrected chi connectivity index (χ4v) is 3.28. The van der Waals surface area contributed by atoms with Gasteiger partial charge in [-0.05, 0) is 29.2 Å². The van der Waals surface area contributed by atoms with Crippen molar-refractivity contribution >= 4 is 16.6 Å². The predicted molar refractivity (Wildman–Crippen MR) is 79.6 cm³/mol. The minimum absolute atomic E-state index is 0.322. The number of fused-ring (bicyclic) bond motifs is 1. The Labute approximate surface area is 114 Å². The van der Waals surface area contributed by atoms with E-state index in [2.05, 4.69) is 25.1 Å². The van der Waals surface area contributed by atoms with Crippen molar-refractivity contribution in [2.24, 2.45) is 5.92 Å². The Balaban J connectivity index is 1.95. The number of carbonyl (C=O) groups excluding carboxylic acids is 1. The zero-order valence-electron chi connectivity index (χ0n) is 11.5. The van der Waals surface area contributed by atoms with E-state index < -0.39 is 0 Å². The highest BCUT2D eigenvalue weighted by Gasteiger charge is 2.20. The van der Waals surface area contributed by atoms with Crippen LogP contribution in [0.5, 0.6) is 0 Å². The number of benzene rings is 2. The first-order valence-corrected chi connectivity index (χ1v) is 7.27. The van der Waals surface area contributed by atoms with E-state index in [1.807, 2.05) is 18.2 Å². The molecule has 1 aliphatic rings. The average Bonchev–Trinajstić information content (AvgIpc) is 2.92. The van der Waals surface area contributed by atoms with Gasteiger partial charge in [-0.15, -0.1) is 0 Å². The van der Waals surface area contributed by atoms with Crippen LogP contribution < -0.4 is 0 Å². The zero-order chi connectivity index (χ0) is 13.2. The number of rotatable bonds is 3. The lowest BCUT2D eigenvalue weighted by Crippen LogP contribution is -2.06. The third kappa shape index (κ3) is 2.42. The van der Waals surface area contributed by atoms with E-state index >= 15 is 0 Å². The molecule has 0 saturated heterocycles. The van der Waals surface area contributed by atoms with E-state index in [9.17, 15) is 4.79 Å². The standard InChI is InChI=1S/C18H20O/c1-13-10-11-17(16-9-5-4-8-15(13)16)18(19)12-14-6-2-3-7-14/h4-5,8-11,14H,2-3,6-7,12H2,1H3. The van der Waals surface area contributed by atoms with Crippen molar-refractivity contribution in [2.75, 3.05) is 0 Å². The molecule has 0 aromatic heterocycles. The van der Waals surface area contributed by atoms with Crippen LogP contribution in [0.3, 0.4) is 0 Å². The van der Waals surface area contributed by atoms with E-state index in [0.29, 0.717) is 11.7 Å². The molecule has 0 unspecified atom stereocenters. The van der Waals surface area contributed by atoms with Gasteiger partial charge in [0, 0.05) is 12.0 Å². The van der Waals surface area contributed by atoms with Gasteiger partial charge in [0.2, 0.25) is 0 Å².